The second-order valence-corrected chi connectivity index (χ2v) is 6.77. The summed E-state index contributed by atoms with van der Waals surface area (Å²) < 4.78 is 37.8. The molecule has 2 N–H and O–H groups in total. The standard InChI is InChI=1S/C15H25NO5S/c1-4-8-20-14-7-6-13(10-15(14)21-9-5-2)22(18,19)16-11-12(3)17/h6-7,10,12,16-17H,4-5,8-9,11H2,1-3H3/t12-/m0/s1. The van der Waals surface area contributed by atoms with Crippen LogP contribution in [0.15, 0.2) is 23.1 Å². The maximum absolute atomic E-state index is 12.2. The molecule has 1 aromatic carbocycles. The SMILES string of the molecule is CCCOc1ccc(S(=O)(=O)NC[C@H](C)O)cc1OCCC. The first-order chi connectivity index (χ1) is 10.4. The van der Waals surface area contributed by atoms with Gasteiger partial charge in [0.15, 0.2) is 11.5 Å². The van der Waals surface area contributed by atoms with Crippen LogP contribution in [0.1, 0.15) is 33.6 Å². The Morgan fingerprint density at radius 3 is 2.27 bits per heavy atom. The Bertz CT molecular complexity index is 557. The molecule has 0 aliphatic rings. The first kappa shape index (κ1) is 18.7. The maximum Gasteiger partial charge on any atom is 0.240 e. The Balaban J connectivity index is 3.01. The fourth-order valence-corrected chi connectivity index (χ4v) is 2.76. The normalized spacial score (nSPS) is 12.9. The van der Waals surface area contributed by atoms with E-state index in [1.807, 2.05) is 13.8 Å². The Kier molecular flexibility index (Phi) is 7.64. The van der Waals surface area contributed by atoms with Crippen LogP contribution in [0.5, 0.6) is 11.5 Å². The van der Waals surface area contributed by atoms with E-state index in [2.05, 4.69) is 4.72 Å². The van der Waals surface area contributed by atoms with Crippen LogP contribution in [0.3, 0.4) is 0 Å². The topological polar surface area (TPSA) is 84.9 Å². The number of rotatable bonds is 10. The number of aliphatic hydroxyl groups is 1. The molecule has 0 saturated heterocycles. The Morgan fingerprint density at radius 1 is 1.14 bits per heavy atom. The summed E-state index contributed by atoms with van der Waals surface area (Å²) in [5.74, 6) is 0.944. The lowest BCUT2D eigenvalue weighted by atomic mass is 10.3. The van der Waals surface area contributed by atoms with Crippen molar-refractivity contribution in [2.24, 2.45) is 0 Å². The highest BCUT2D eigenvalue weighted by Crippen LogP contribution is 2.30. The van der Waals surface area contributed by atoms with Gasteiger partial charge in [-0.3, -0.25) is 0 Å². The van der Waals surface area contributed by atoms with E-state index in [1.165, 1.54) is 19.1 Å². The van der Waals surface area contributed by atoms with Gasteiger partial charge in [-0.15, -0.1) is 0 Å². The third kappa shape index (κ3) is 5.82. The molecule has 1 aromatic rings. The Hall–Kier alpha value is -1.31. The zero-order chi connectivity index (χ0) is 16.6. The fraction of sp³-hybridized carbons (Fsp3) is 0.600. The minimum absolute atomic E-state index is 0.0401. The lowest BCUT2D eigenvalue weighted by Crippen LogP contribution is -2.30. The molecule has 0 bridgehead atoms. The van der Waals surface area contributed by atoms with Gasteiger partial charge in [0.2, 0.25) is 10.0 Å². The average Bonchev–Trinajstić information content (AvgIpc) is 2.49. The van der Waals surface area contributed by atoms with Crippen molar-refractivity contribution in [3.05, 3.63) is 18.2 Å². The molecule has 6 nitrogen and oxygen atoms in total. The van der Waals surface area contributed by atoms with E-state index >= 15 is 0 Å². The van der Waals surface area contributed by atoms with Crippen LogP contribution >= 0.6 is 0 Å². The van der Waals surface area contributed by atoms with Crippen LogP contribution in [-0.4, -0.2) is 39.4 Å². The number of benzene rings is 1. The van der Waals surface area contributed by atoms with Gasteiger partial charge in [-0.2, -0.15) is 0 Å². The molecule has 0 aliphatic carbocycles. The van der Waals surface area contributed by atoms with Crippen molar-refractivity contribution in [3.8, 4) is 11.5 Å². The summed E-state index contributed by atoms with van der Waals surface area (Å²) in [4.78, 5) is 0.0862. The van der Waals surface area contributed by atoms with E-state index in [0.717, 1.165) is 12.8 Å². The Labute approximate surface area is 132 Å². The van der Waals surface area contributed by atoms with E-state index in [9.17, 15) is 13.5 Å². The van der Waals surface area contributed by atoms with Crippen molar-refractivity contribution in [2.45, 2.75) is 44.6 Å². The first-order valence-electron chi connectivity index (χ1n) is 7.48. The van der Waals surface area contributed by atoms with E-state index < -0.39 is 16.1 Å². The zero-order valence-corrected chi connectivity index (χ0v) is 14.1. The van der Waals surface area contributed by atoms with Gasteiger partial charge in [-0.1, -0.05) is 13.8 Å². The fourth-order valence-electron chi connectivity index (χ4n) is 1.63. The lowest BCUT2D eigenvalue weighted by molar-refractivity contribution is 0.198. The summed E-state index contributed by atoms with van der Waals surface area (Å²) in [5.41, 5.74) is 0. The second-order valence-electron chi connectivity index (χ2n) is 5.01. The van der Waals surface area contributed by atoms with Crippen LogP contribution in [0.4, 0.5) is 0 Å². The lowest BCUT2D eigenvalue weighted by Gasteiger charge is -2.14. The largest absolute Gasteiger partial charge is 0.490 e. The van der Waals surface area contributed by atoms with Crippen molar-refractivity contribution in [2.75, 3.05) is 19.8 Å². The second kappa shape index (κ2) is 8.97. The number of sulfonamides is 1. The van der Waals surface area contributed by atoms with Crippen LogP contribution in [0, 0.1) is 0 Å². The van der Waals surface area contributed by atoms with Crippen LogP contribution in [0.25, 0.3) is 0 Å². The third-order valence-corrected chi connectivity index (χ3v) is 4.14. The molecule has 126 valence electrons. The highest BCUT2D eigenvalue weighted by Gasteiger charge is 2.17. The molecule has 0 saturated carbocycles. The molecule has 0 unspecified atom stereocenters. The third-order valence-electron chi connectivity index (χ3n) is 2.72. The molecular weight excluding hydrogens is 306 g/mol. The van der Waals surface area contributed by atoms with Crippen molar-refractivity contribution in [1.29, 1.82) is 0 Å². The van der Waals surface area contributed by atoms with Crippen LogP contribution < -0.4 is 14.2 Å². The van der Waals surface area contributed by atoms with Gasteiger partial charge in [0.1, 0.15) is 0 Å². The monoisotopic (exact) mass is 331 g/mol. The molecule has 0 amide bonds. The minimum Gasteiger partial charge on any atom is -0.490 e. The van der Waals surface area contributed by atoms with E-state index in [-0.39, 0.29) is 11.4 Å². The molecular formula is C15H25NO5S. The quantitative estimate of drug-likeness (QED) is 0.684. The molecule has 0 heterocycles. The molecule has 0 radical (unpaired) electrons. The number of aliphatic hydroxyl groups excluding tert-OH is 1. The molecule has 0 aliphatic heterocycles. The van der Waals surface area contributed by atoms with Crippen LogP contribution in [-0.2, 0) is 10.0 Å². The first-order valence-corrected chi connectivity index (χ1v) is 8.96. The van der Waals surface area contributed by atoms with Gasteiger partial charge >= 0.3 is 0 Å². The summed E-state index contributed by atoms with van der Waals surface area (Å²) in [5, 5.41) is 9.20. The number of ether oxygens (including phenoxy) is 2. The summed E-state index contributed by atoms with van der Waals surface area (Å²) in [6.07, 6.45) is 0.908. The van der Waals surface area contributed by atoms with Gasteiger partial charge in [0.05, 0.1) is 24.2 Å². The molecule has 1 rings (SSSR count). The van der Waals surface area contributed by atoms with Gasteiger partial charge in [-0.25, -0.2) is 13.1 Å². The van der Waals surface area contributed by atoms with Gasteiger partial charge in [0.25, 0.3) is 0 Å². The smallest absolute Gasteiger partial charge is 0.240 e. The Morgan fingerprint density at radius 2 is 1.73 bits per heavy atom. The van der Waals surface area contributed by atoms with Crippen molar-refractivity contribution < 1.29 is 23.0 Å². The summed E-state index contributed by atoms with van der Waals surface area (Å²) in [6, 6.07) is 4.51. The number of hydrogen-bond donors (Lipinski definition) is 2. The van der Waals surface area contributed by atoms with E-state index in [0.29, 0.717) is 24.7 Å². The molecule has 0 aromatic heterocycles. The minimum atomic E-state index is -3.69. The highest BCUT2D eigenvalue weighted by molar-refractivity contribution is 7.89. The molecule has 0 fully saturated rings. The van der Waals surface area contributed by atoms with Crippen molar-refractivity contribution in [1.82, 2.24) is 4.72 Å². The predicted octanol–water partition coefficient (Wildman–Crippen LogP) is 1.92. The van der Waals surface area contributed by atoms with Gasteiger partial charge in [0, 0.05) is 12.6 Å². The van der Waals surface area contributed by atoms with Crippen molar-refractivity contribution in [3.63, 3.8) is 0 Å². The zero-order valence-electron chi connectivity index (χ0n) is 13.3. The van der Waals surface area contributed by atoms with Gasteiger partial charge < -0.3 is 14.6 Å². The maximum atomic E-state index is 12.2. The summed E-state index contributed by atoms with van der Waals surface area (Å²) in [7, 11) is -3.69. The number of nitrogens with one attached hydrogen (secondary N) is 1. The summed E-state index contributed by atoms with van der Waals surface area (Å²) in [6.45, 7) is 6.45. The summed E-state index contributed by atoms with van der Waals surface area (Å²) >= 11 is 0. The highest BCUT2D eigenvalue weighted by atomic mass is 32.2. The molecule has 7 heteroatoms. The van der Waals surface area contributed by atoms with Crippen LogP contribution in [0.2, 0.25) is 0 Å². The molecule has 1 atom stereocenters. The van der Waals surface area contributed by atoms with E-state index in [4.69, 9.17) is 9.47 Å². The van der Waals surface area contributed by atoms with E-state index in [1.54, 1.807) is 6.07 Å². The van der Waals surface area contributed by atoms with Gasteiger partial charge in [-0.05, 0) is 31.9 Å². The molecule has 0 spiro atoms. The average molecular weight is 331 g/mol. The predicted molar refractivity (Wildman–Crippen MR) is 84.9 cm³/mol. The van der Waals surface area contributed by atoms with Crippen molar-refractivity contribution >= 4 is 10.0 Å². The number of hydrogen-bond acceptors (Lipinski definition) is 5. The molecule has 22 heavy (non-hydrogen) atoms.